The van der Waals surface area contributed by atoms with Crippen molar-refractivity contribution in [2.45, 2.75) is 46.6 Å². The number of hydrogen-bond donors (Lipinski definition) is 2. The Morgan fingerprint density at radius 2 is 1.92 bits per heavy atom. The molecule has 0 spiro atoms. The number of ether oxygens (including phenoxy) is 2. The quantitative estimate of drug-likeness (QED) is 0.761. The number of rotatable bonds is 8. The molecule has 0 aromatic heterocycles. The fourth-order valence-corrected chi connectivity index (χ4v) is 2.16. The first-order valence-corrected chi connectivity index (χ1v) is 8.02. The van der Waals surface area contributed by atoms with E-state index < -0.39 is 17.9 Å². The molecular weight excluding hydrogens is 310 g/mol. The normalized spacial score (nSPS) is 12.4. The van der Waals surface area contributed by atoms with E-state index in [4.69, 9.17) is 9.47 Å². The van der Waals surface area contributed by atoms with Crippen molar-refractivity contribution in [3.63, 3.8) is 0 Å². The number of carboxylic acids is 1. The smallest absolute Gasteiger partial charge is 0.326 e. The van der Waals surface area contributed by atoms with Crippen LogP contribution in [0.15, 0.2) is 18.2 Å². The molecule has 0 saturated carbocycles. The van der Waals surface area contributed by atoms with Crippen LogP contribution < -0.4 is 14.8 Å². The zero-order valence-electron chi connectivity index (χ0n) is 15.0. The van der Waals surface area contributed by atoms with E-state index in [1.165, 1.54) is 7.11 Å². The zero-order chi connectivity index (χ0) is 18.3. The molecule has 6 heteroatoms. The highest BCUT2D eigenvalue weighted by Gasteiger charge is 2.23. The Hall–Kier alpha value is -2.24. The number of carbonyl (C=O) groups excluding carboxylic acids is 1. The van der Waals surface area contributed by atoms with Crippen LogP contribution in [-0.2, 0) is 4.79 Å². The van der Waals surface area contributed by atoms with Gasteiger partial charge in [0.2, 0.25) is 0 Å². The molecule has 1 rings (SSSR count). The monoisotopic (exact) mass is 337 g/mol. The predicted molar refractivity (Wildman–Crippen MR) is 91.7 cm³/mol. The summed E-state index contributed by atoms with van der Waals surface area (Å²) in [5.41, 5.74) is 0.332. The van der Waals surface area contributed by atoms with Crippen molar-refractivity contribution in [1.82, 2.24) is 5.32 Å². The van der Waals surface area contributed by atoms with Crippen LogP contribution in [0.2, 0.25) is 0 Å². The molecular formula is C18H27NO5. The molecule has 0 fully saturated rings. The highest BCUT2D eigenvalue weighted by molar-refractivity contribution is 5.97. The SMILES string of the molecule is CCOc1ccc(C(=O)NC(CCC(C)(C)C)C(=O)O)cc1OC. The zero-order valence-corrected chi connectivity index (χ0v) is 15.0. The minimum atomic E-state index is -1.04. The van der Waals surface area contributed by atoms with E-state index in [1.54, 1.807) is 18.2 Å². The summed E-state index contributed by atoms with van der Waals surface area (Å²) in [6, 6.07) is 3.85. The molecule has 0 aliphatic rings. The third-order valence-corrected chi connectivity index (χ3v) is 3.51. The van der Waals surface area contributed by atoms with E-state index in [1.807, 2.05) is 27.7 Å². The molecule has 1 amide bonds. The molecule has 1 atom stereocenters. The number of carboxylic acid groups (broad SMARTS) is 1. The summed E-state index contributed by atoms with van der Waals surface area (Å²) in [5.74, 6) is -0.506. The molecule has 6 nitrogen and oxygen atoms in total. The fraction of sp³-hybridized carbons (Fsp3) is 0.556. The van der Waals surface area contributed by atoms with Crippen molar-refractivity contribution < 1.29 is 24.2 Å². The average Bonchev–Trinajstić information content (AvgIpc) is 2.50. The van der Waals surface area contributed by atoms with Crippen LogP contribution in [0.5, 0.6) is 11.5 Å². The van der Waals surface area contributed by atoms with Gasteiger partial charge in [0.25, 0.3) is 5.91 Å². The lowest BCUT2D eigenvalue weighted by Crippen LogP contribution is -2.41. The fourth-order valence-electron chi connectivity index (χ4n) is 2.16. The lowest BCUT2D eigenvalue weighted by Gasteiger charge is -2.21. The molecule has 2 N–H and O–H groups in total. The number of carbonyl (C=O) groups is 2. The minimum Gasteiger partial charge on any atom is -0.493 e. The van der Waals surface area contributed by atoms with Crippen LogP contribution in [0.25, 0.3) is 0 Å². The standard InChI is InChI=1S/C18H27NO5/c1-6-24-14-8-7-12(11-15(14)23-5)16(20)19-13(17(21)22)9-10-18(2,3)4/h7-8,11,13H,6,9-10H2,1-5H3,(H,19,20)(H,21,22). The number of methoxy groups -OCH3 is 1. The number of aliphatic carboxylic acids is 1. The largest absolute Gasteiger partial charge is 0.493 e. The Kier molecular flexibility index (Phi) is 7.07. The Morgan fingerprint density at radius 3 is 2.42 bits per heavy atom. The maximum absolute atomic E-state index is 12.4. The van der Waals surface area contributed by atoms with Crippen molar-refractivity contribution in [2.75, 3.05) is 13.7 Å². The van der Waals surface area contributed by atoms with Crippen LogP contribution in [-0.4, -0.2) is 36.7 Å². The van der Waals surface area contributed by atoms with E-state index >= 15 is 0 Å². The van der Waals surface area contributed by atoms with Crippen molar-refractivity contribution >= 4 is 11.9 Å². The van der Waals surface area contributed by atoms with E-state index in [9.17, 15) is 14.7 Å². The van der Waals surface area contributed by atoms with Crippen LogP contribution in [0.4, 0.5) is 0 Å². The van der Waals surface area contributed by atoms with Crippen LogP contribution in [0.3, 0.4) is 0 Å². The lowest BCUT2D eigenvalue weighted by molar-refractivity contribution is -0.139. The van der Waals surface area contributed by atoms with E-state index in [0.717, 1.165) is 0 Å². The number of hydrogen-bond acceptors (Lipinski definition) is 4. The van der Waals surface area contributed by atoms with Crippen molar-refractivity contribution in [3.05, 3.63) is 23.8 Å². The second kappa shape index (κ2) is 8.57. The molecule has 0 radical (unpaired) electrons. The van der Waals surface area contributed by atoms with Gasteiger partial charge in [0.15, 0.2) is 11.5 Å². The summed E-state index contributed by atoms with van der Waals surface area (Å²) in [4.78, 5) is 23.7. The van der Waals surface area contributed by atoms with Crippen molar-refractivity contribution in [3.8, 4) is 11.5 Å². The maximum atomic E-state index is 12.4. The summed E-state index contributed by atoms with van der Waals surface area (Å²) < 4.78 is 10.6. The highest BCUT2D eigenvalue weighted by Crippen LogP contribution is 2.28. The van der Waals surface area contributed by atoms with Gasteiger partial charge in [0.05, 0.1) is 13.7 Å². The molecule has 0 saturated heterocycles. The topological polar surface area (TPSA) is 84.9 Å². The second-order valence-corrected chi connectivity index (χ2v) is 6.76. The van der Waals surface area contributed by atoms with Gasteiger partial charge in [-0.15, -0.1) is 0 Å². The third kappa shape index (κ3) is 6.10. The first-order valence-electron chi connectivity index (χ1n) is 8.02. The number of amides is 1. The summed E-state index contributed by atoms with van der Waals surface area (Å²) >= 11 is 0. The summed E-state index contributed by atoms with van der Waals surface area (Å²) in [5, 5.41) is 11.9. The summed E-state index contributed by atoms with van der Waals surface area (Å²) in [7, 11) is 1.49. The van der Waals surface area contributed by atoms with Gasteiger partial charge in [-0.05, 0) is 43.4 Å². The average molecular weight is 337 g/mol. The predicted octanol–water partition coefficient (Wildman–Crippen LogP) is 3.10. The molecule has 24 heavy (non-hydrogen) atoms. The van der Waals surface area contributed by atoms with Gasteiger partial charge in [-0.25, -0.2) is 4.79 Å². The molecule has 0 aliphatic carbocycles. The molecule has 134 valence electrons. The van der Waals surface area contributed by atoms with Crippen LogP contribution in [0, 0.1) is 5.41 Å². The Bertz CT molecular complexity index is 577. The highest BCUT2D eigenvalue weighted by atomic mass is 16.5. The van der Waals surface area contributed by atoms with Gasteiger partial charge in [-0.3, -0.25) is 4.79 Å². The van der Waals surface area contributed by atoms with Gasteiger partial charge < -0.3 is 19.9 Å². The van der Waals surface area contributed by atoms with Crippen molar-refractivity contribution in [2.24, 2.45) is 5.41 Å². The Labute approximate surface area is 143 Å². The van der Waals surface area contributed by atoms with Gasteiger partial charge in [0, 0.05) is 5.56 Å². The number of nitrogens with one attached hydrogen (secondary N) is 1. The summed E-state index contributed by atoms with van der Waals surface area (Å²) in [6.07, 6.45) is 1.07. The van der Waals surface area contributed by atoms with Crippen molar-refractivity contribution in [1.29, 1.82) is 0 Å². The van der Waals surface area contributed by atoms with Crippen LogP contribution in [0.1, 0.15) is 50.9 Å². The van der Waals surface area contributed by atoms with E-state index in [-0.39, 0.29) is 5.41 Å². The van der Waals surface area contributed by atoms with Gasteiger partial charge in [0.1, 0.15) is 6.04 Å². The Balaban J connectivity index is 2.85. The summed E-state index contributed by atoms with van der Waals surface area (Å²) in [6.45, 7) is 8.43. The molecule has 0 heterocycles. The van der Waals surface area contributed by atoms with Crippen LogP contribution >= 0.6 is 0 Å². The molecule has 1 unspecified atom stereocenters. The minimum absolute atomic E-state index is 0.000781. The number of benzene rings is 1. The second-order valence-electron chi connectivity index (χ2n) is 6.76. The molecule has 0 aliphatic heterocycles. The maximum Gasteiger partial charge on any atom is 0.326 e. The molecule has 1 aromatic rings. The van der Waals surface area contributed by atoms with E-state index in [2.05, 4.69) is 5.32 Å². The van der Waals surface area contributed by atoms with Gasteiger partial charge in [-0.1, -0.05) is 20.8 Å². The first-order chi connectivity index (χ1) is 11.2. The lowest BCUT2D eigenvalue weighted by atomic mass is 9.88. The molecule has 0 bridgehead atoms. The van der Waals surface area contributed by atoms with E-state index in [0.29, 0.717) is 36.5 Å². The van der Waals surface area contributed by atoms with Gasteiger partial charge >= 0.3 is 5.97 Å². The first kappa shape index (κ1) is 19.8. The third-order valence-electron chi connectivity index (χ3n) is 3.51. The van der Waals surface area contributed by atoms with Gasteiger partial charge in [-0.2, -0.15) is 0 Å². The Morgan fingerprint density at radius 1 is 1.25 bits per heavy atom. The molecule has 1 aromatic carbocycles.